The third-order valence-electron chi connectivity index (χ3n) is 6.42. The zero-order valence-electron chi connectivity index (χ0n) is 20.0. The quantitative estimate of drug-likeness (QED) is 0.406. The average Bonchev–Trinajstić information content (AvgIpc) is 3.62. The van der Waals surface area contributed by atoms with Gasteiger partial charge >= 0.3 is 0 Å². The van der Waals surface area contributed by atoms with E-state index < -0.39 is 5.91 Å². The first-order valence-corrected chi connectivity index (χ1v) is 12.2. The maximum atomic E-state index is 13.2. The summed E-state index contributed by atoms with van der Waals surface area (Å²) in [6.45, 7) is 2.90. The molecule has 1 atom stereocenters. The van der Waals surface area contributed by atoms with Gasteiger partial charge in [-0.15, -0.1) is 0 Å². The van der Waals surface area contributed by atoms with Crippen molar-refractivity contribution < 1.29 is 14.3 Å². The molecule has 11 heteroatoms. The highest BCUT2D eigenvalue weighted by molar-refractivity contribution is 6.31. The molecule has 0 spiro atoms. The number of carbonyl (C=O) groups is 2. The summed E-state index contributed by atoms with van der Waals surface area (Å²) in [6.07, 6.45) is 9.37. The Morgan fingerprint density at radius 2 is 2.17 bits per heavy atom. The summed E-state index contributed by atoms with van der Waals surface area (Å²) >= 11 is 6.28. The van der Waals surface area contributed by atoms with Crippen LogP contribution in [-0.2, 0) is 11.3 Å². The number of aromatic nitrogens is 5. The van der Waals surface area contributed by atoms with Crippen LogP contribution in [0.5, 0.6) is 5.75 Å². The van der Waals surface area contributed by atoms with Crippen molar-refractivity contribution in [3.63, 3.8) is 0 Å². The Kier molecular flexibility index (Phi) is 6.60. The molecule has 2 amide bonds. The number of fused-ring (bicyclic) bond motifs is 1. The molecule has 1 saturated heterocycles. The maximum Gasteiger partial charge on any atom is 0.261 e. The average molecular weight is 508 g/mol. The fourth-order valence-corrected chi connectivity index (χ4v) is 4.83. The van der Waals surface area contributed by atoms with Crippen LogP contribution in [0.3, 0.4) is 0 Å². The van der Waals surface area contributed by atoms with Gasteiger partial charge in [-0.25, -0.2) is 9.50 Å². The number of nitrogens with one attached hydrogen (secondary N) is 1. The molecule has 10 nitrogen and oxygen atoms in total. The van der Waals surface area contributed by atoms with Crippen molar-refractivity contribution in [3.8, 4) is 17.0 Å². The molecule has 4 aromatic rings. The number of ether oxygens (including phenoxy) is 1. The molecule has 1 aliphatic heterocycles. The van der Waals surface area contributed by atoms with Crippen molar-refractivity contribution in [3.05, 3.63) is 59.6 Å². The molecule has 0 aliphatic carbocycles. The largest absolute Gasteiger partial charge is 0.496 e. The summed E-state index contributed by atoms with van der Waals surface area (Å²) in [6, 6.07) is 7.15. The van der Waals surface area contributed by atoms with Crippen LogP contribution in [0.25, 0.3) is 16.9 Å². The molecule has 1 unspecified atom stereocenters. The molecule has 1 aromatic carbocycles. The van der Waals surface area contributed by atoms with Crippen LogP contribution in [0, 0.1) is 0 Å². The van der Waals surface area contributed by atoms with Crippen molar-refractivity contribution in [1.29, 1.82) is 0 Å². The number of carbonyl (C=O) groups excluding carboxylic acids is 2. The van der Waals surface area contributed by atoms with Gasteiger partial charge in [-0.2, -0.15) is 10.2 Å². The van der Waals surface area contributed by atoms with Crippen LogP contribution in [0.1, 0.15) is 36.5 Å². The van der Waals surface area contributed by atoms with Gasteiger partial charge in [0.15, 0.2) is 5.65 Å². The van der Waals surface area contributed by atoms with Gasteiger partial charge in [0.05, 0.1) is 19.0 Å². The third kappa shape index (κ3) is 4.51. The lowest BCUT2D eigenvalue weighted by molar-refractivity contribution is -0.132. The number of amides is 2. The van der Waals surface area contributed by atoms with Crippen LogP contribution in [-0.4, -0.2) is 60.8 Å². The SMILES string of the molecule is CCC1CCCN1C(=O)Cn1cc(NC(=O)c2cnn3cccnc23)c(-c2cc(Cl)ccc2OC)n1. The minimum Gasteiger partial charge on any atom is -0.496 e. The lowest BCUT2D eigenvalue weighted by atomic mass is 10.1. The van der Waals surface area contributed by atoms with Gasteiger partial charge in [0, 0.05) is 41.8 Å². The Labute approximate surface area is 212 Å². The van der Waals surface area contributed by atoms with Crippen molar-refractivity contribution in [1.82, 2.24) is 29.3 Å². The number of halogens is 1. The first-order chi connectivity index (χ1) is 17.5. The van der Waals surface area contributed by atoms with Gasteiger partial charge in [0.25, 0.3) is 5.91 Å². The van der Waals surface area contributed by atoms with Crippen LogP contribution in [0.2, 0.25) is 5.02 Å². The molecule has 4 heterocycles. The maximum absolute atomic E-state index is 13.2. The van der Waals surface area contributed by atoms with Gasteiger partial charge in [0.1, 0.15) is 23.6 Å². The molecular weight excluding hydrogens is 482 g/mol. The van der Waals surface area contributed by atoms with E-state index in [0.717, 1.165) is 25.8 Å². The van der Waals surface area contributed by atoms with E-state index in [1.54, 1.807) is 54.6 Å². The van der Waals surface area contributed by atoms with E-state index in [0.29, 0.717) is 38.9 Å². The fourth-order valence-electron chi connectivity index (χ4n) is 4.65. The summed E-state index contributed by atoms with van der Waals surface area (Å²) in [4.78, 5) is 32.5. The summed E-state index contributed by atoms with van der Waals surface area (Å²) in [5.74, 6) is 0.133. The Morgan fingerprint density at radius 1 is 1.31 bits per heavy atom. The second-order valence-electron chi connectivity index (χ2n) is 8.63. The Morgan fingerprint density at radius 3 is 2.97 bits per heavy atom. The van der Waals surface area contributed by atoms with E-state index >= 15 is 0 Å². The highest BCUT2D eigenvalue weighted by Crippen LogP contribution is 2.36. The summed E-state index contributed by atoms with van der Waals surface area (Å²) in [5, 5.41) is 12.3. The fraction of sp³-hybridized carbons (Fsp3) is 0.320. The number of rotatable bonds is 7. The van der Waals surface area contributed by atoms with Gasteiger partial charge in [-0.05, 0) is 43.5 Å². The standard InChI is InChI=1S/C25H26ClN7O3/c1-3-17-6-4-10-32(17)22(34)15-31-14-20(23(30-31)18-12-16(26)7-8-21(18)36-2)29-25(35)19-13-28-33-11-5-9-27-24(19)33/h5,7-9,11-14,17H,3-4,6,10,15H2,1-2H3,(H,29,35). The monoisotopic (exact) mass is 507 g/mol. The molecule has 186 valence electrons. The predicted octanol–water partition coefficient (Wildman–Crippen LogP) is 3.91. The van der Waals surface area contributed by atoms with E-state index in [1.807, 2.05) is 4.90 Å². The van der Waals surface area contributed by atoms with E-state index in [-0.39, 0.29) is 18.5 Å². The van der Waals surface area contributed by atoms with Crippen molar-refractivity contribution in [2.24, 2.45) is 0 Å². The molecule has 0 bridgehead atoms. The second kappa shape index (κ2) is 9.98. The number of hydrogen-bond donors (Lipinski definition) is 1. The Bertz CT molecular complexity index is 1430. The lowest BCUT2D eigenvalue weighted by Gasteiger charge is -2.23. The first-order valence-electron chi connectivity index (χ1n) is 11.8. The molecule has 3 aromatic heterocycles. The highest BCUT2D eigenvalue weighted by atomic mass is 35.5. The van der Waals surface area contributed by atoms with Gasteiger partial charge < -0.3 is 15.0 Å². The molecule has 0 radical (unpaired) electrons. The normalized spacial score (nSPS) is 15.4. The van der Waals surface area contributed by atoms with E-state index in [1.165, 1.54) is 10.7 Å². The molecule has 5 rings (SSSR count). The third-order valence-corrected chi connectivity index (χ3v) is 6.65. The van der Waals surface area contributed by atoms with E-state index in [9.17, 15) is 9.59 Å². The zero-order chi connectivity index (χ0) is 25.2. The van der Waals surface area contributed by atoms with Crippen molar-refractivity contribution >= 4 is 34.7 Å². The number of anilines is 1. The summed E-state index contributed by atoms with van der Waals surface area (Å²) < 4.78 is 8.60. The number of hydrogen-bond acceptors (Lipinski definition) is 6. The molecule has 1 aliphatic rings. The lowest BCUT2D eigenvalue weighted by Crippen LogP contribution is -2.37. The van der Waals surface area contributed by atoms with Crippen LogP contribution < -0.4 is 10.1 Å². The Balaban J connectivity index is 1.50. The second-order valence-corrected chi connectivity index (χ2v) is 9.06. The van der Waals surface area contributed by atoms with Crippen LogP contribution in [0.15, 0.2) is 49.1 Å². The smallest absolute Gasteiger partial charge is 0.261 e. The van der Waals surface area contributed by atoms with Gasteiger partial charge in [-0.3, -0.25) is 14.3 Å². The van der Waals surface area contributed by atoms with E-state index in [4.69, 9.17) is 16.3 Å². The Hall–Kier alpha value is -3.92. The molecule has 1 N–H and O–H groups in total. The predicted molar refractivity (Wildman–Crippen MR) is 135 cm³/mol. The zero-order valence-corrected chi connectivity index (χ0v) is 20.8. The first kappa shape index (κ1) is 23.8. The number of benzene rings is 1. The molecule has 0 saturated carbocycles. The number of likely N-dealkylation sites (tertiary alicyclic amines) is 1. The minimum absolute atomic E-state index is 0.00355. The minimum atomic E-state index is -0.401. The summed E-state index contributed by atoms with van der Waals surface area (Å²) in [5.41, 5.74) is 2.19. The van der Waals surface area contributed by atoms with Gasteiger partial charge in [0.2, 0.25) is 5.91 Å². The van der Waals surface area contributed by atoms with E-state index in [2.05, 4.69) is 27.4 Å². The molecule has 1 fully saturated rings. The van der Waals surface area contributed by atoms with Crippen LogP contribution >= 0.6 is 11.6 Å². The van der Waals surface area contributed by atoms with Gasteiger partial charge in [-0.1, -0.05) is 18.5 Å². The summed E-state index contributed by atoms with van der Waals surface area (Å²) in [7, 11) is 1.55. The molecular formula is C25H26ClN7O3. The number of nitrogens with zero attached hydrogens (tertiary/aromatic N) is 6. The highest BCUT2D eigenvalue weighted by Gasteiger charge is 2.28. The topological polar surface area (TPSA) is 107 Å². The van der Waals surface area contributed by atoms with Crippen molar-refractivity contribution in [2.45, 2.75) is 38.8 Å². The number of methoxy groups -OCH3 is 1. The van der Waals surface area contributed by atoms with Crippen LogP contribution in [0.4, 0.5) is 5.69 Å². The van der Waals surface area contributed by atoms with Crippen molar-refractivity contribution in [2.75, 3.05) is 19.0 Å². The molecule has 36 heavy (non-hydrogen) atoms.